The summed E-state index contributed by atoms with van der Waals surface area (Å²) in [5, 5.41) is 8.51. The molecule has 0 amide bonds. The van der Waals surface area contributed by atoms with Crippen molar-refractivity contribution in [1.82, 2.24) is 20.1 Å². The number of benzene rings is 1. The fourth-order valence-electron chi connectivity index (χ4n) is 3.46. The van der Waals surface area contributed by atoms with Gasteiger partial charge < -0.3 is 14.2 Å². The van der Waals surface area contributed by atoms with Crippen molar-refractivity contribution in [1.29, 1.82) is 0 Å². The van der Waals surface area contributed by atoms with Crippen LogP contribution in [0.3, 0.4) is 0 Å². The summed E-state index contributed by atoms with van der Waals surface area (Å²) in [6.07, 6.45) is 3.11. The minimum absolute atomic E-state index is 0. The second-order valence-electron chi connectivity index (χ2n) is 6.89. The van der Waals surface area contributed by atoms with Gasteiger partial charge >= 0.3 is 0 Å². The van der Waals surface area contributed by atoms with Gasteiger partial charge in [0.2, 0.25) is 0 Å². The Labute approximate surface area is 177 Å². The van der Waals surface area contributed by atoms with E-state index in [2.05, 4.69) is 31.0 Å². The number of oxazole rings is 1. The first-order chi connectivity index (χ1) is 12.8. The Kier molecular flexibility index (Phi) is 7.01. The lowest BCUT2D eigenvalue weighted by Gasteiger charge is -2.22. The minimum atomic E-state index is 0. The molecule has 0 N–H and O–H groups in total. The van der Waals surface area contributed by atoms with E-state index >= 15 is 0 Å². The SMILES string of the molecule is Cc1ccc(N2CCCN(CCCc3nc4ccccc4o3)CC2)nn1.I. The number of aryl methyl sites for hydroxylation is 2. The number of fused-ring (bicyclic) bond motifs is 1. The molecule has 0 unspecified atom stereocenters. The molecule has 144 valence electrons. The van der Waals surface area contributed by atoms with Crippen molar-refractivity contribution < 1.29 is 4.42 Å². The number of halogens is 1. The maximum absolute atomic E-state index is 5.81. The van der Waals surface area contributed by atoms with E-state index in [1.165, 1.54) is 0 Å². The molecule has 3 heterocycles. The van der Waals surface area contributed by atoms with Gasteiger partial charge in [-0.25, -0.2) is 4.98 Å². The first-order valence-corrected chi connectivity index (χ1v) is 9.40. The Balaban J connectivity index is 0.00000210. The van der Waals surface area contributed by atoms with Crippen LogP contribution in [0, 0.1) is 6.92 Å². The summed E-state index contributed by atoms with van der Waals surface area (Å²) in [5.41, 5.74) is 2.80. The van der Waals surface area contributed by atoms with Crippen molar-refractivity contribution in [3.8, 4) is 0 Å². The molecule has 1 saturated heterocycles. The van der Waals surface area contributed by atoms with Gasteiger partial charge in [0.15, 0.2) is 17.3 Å². The molecule has 7 heteroatoms. The van der Waals surface area contributed by atoms with Crippen LogP contribution in [0.5, 0.6) is 0 Å². The zero-order valence-corrected chi connectivity index (χ0v) is 18.0. The third-order valence-electron chi connectivity index (χ3n) is 4.90. The summed E-state index contributed by atoms with van der Waals surface area (Å²) >= 11 is 0. The van der Waals surface area contributed by atoms with Gasteiger partial charge in [0, 0.05) is 26.1 Å². The van der Waals surface area contributed by atoms with E-state index in [-0.39, 0.29) is 24.0 Å². The monoisotopic (exact) mass is 479 g/mol. The maximum Gasteiger partial charge on any atom is 0.195 e. The zero-order valence-electron chi connectivity index (χ0n) is 15.7. The van der Waals surface area contributed by atoms with Gasteiger partial charge in [-0.3, -0.25) is 0 Å². The third-order valence-corrected chi connectivity index (χ3v) is 4.90. The Morgan fingerprint density at radius 2 is 1.89 bits per heavy atom. The number of anilines is 1. The molecule has 0 bridgehead atoms. The van der Waals surface area contributed by atoms with Crippen LogP contribution in [0.2, 0.25) is 0 Å². The summed E-state index contributed by atoms with van der Waals surface area (Å²) in [4.78, 5) is 9.44. The fourth-order valence-corrected chi connectivity index (χ4v) is 3.46. The summed E-state index contributed by atoms with van der Waals surface area (Å²) < 4.78 is 5.81. The normalized spacial score (nSPS) is 15.5. The number of hydrogen-bond acceptors (Lipinski definition) is 6. The van der Waals surface area contributed by atoms with Crippen molar-refractivity contribution in [2.75, 3.05) is 37.6 Å². The first kappa shape index (κ1) is 20.0. The minimum Gasteiger partial charge on any atom is -0.441 e. The van der Waals surface area contributed by atoms with Crippen molar-refractivity contribution in [2.24, 2.45) is 0 Å². The van der Waals surface area contributed by atoms with Crippen LogP contribution in [0.15, 0.2) is 40.8 Å². The second-order valence-corrected chi connectivity index (χ2v) is 6.89. The van der Waals surface area contributed by atoms with Crippen LogP contribution in [0.25, 0.3) is 11.1 Å². The molecule has 0 aliphatic carbocycles. The number of hydrogen-bond donors (Lipinski definition) is 0. The third kappa shape index (κ3) is 5.16. The molecule has 0 atom stereocenters. The van der Waals surface area contributed by atoms with Crippen LogP contribution >= 0.6 is 24.0 Å². The van der Waals surface area contributed by atoms with Gasteiger partial charge in [-0.15, -0.1) is 29.1 Å². The molecule has 1 aliphatic rings. The van der Waals surface area contributed by atoms with Gasteiger partial charge in [0.05, 0.1) is 5.69 Å². The van der Waals surface area contributed by atoms with Gasteiger partial charge in [-0.05, 0) is 57.1 Å². The average Bonchev–Trinajstić information content (AvgIpc) is 2.93. The number of aromatic nitrogens is 3. The van der Waals surface area contributed by atoms with E-state index in [0.29, 0.717) is 0 Å². The largest absolute Gasteiger partial charge is 0.441 e. The van der Waals surface area contributed by atoms with Gasteiger partial charge in [-0.2, -0.15) is 5.10 Å². The molecule has 4 rings (SSSR count). The van der Waals surface area contributed by atoms with E-state index in [4.69, 9.17) is 4.42 Å². The Bertz CT molecular complexity index is 818. The molecule has 1 fully saturated rings. The van der Waals surface area contributed by atoms with Crippen LogP contribution in [0.4, 0.5) is 5.82 Å². The molecular formula is C20H26IN5O. The van der Waals surface area contributed by atoms with E-state index in [9.17, 15) is 0 Å². The van der Waals surface area contributed by atoms with Crippen molar-refractivity contribution in [2.45, 2.75) is 26.2 Å². The quantitative estimate of drug-likeness (QED) is 0.521. The molecule has 2 aromatic heterocycles. The van der Waals surface area contributed by atoms with Crippen LogP contribution in [0.1, 0.15) is 24.4 Å². The highest BCUT2D eigenvalue weighted by Gasteiger charge is 2.16. The van der Waals surface area contributed by atoms with Gasteiger partial charge in [0.25, 0.3) is 0 Å². The topological polar surface area (TPSA) is 58.3 Å². The number of para-hydroxylation sites is 2. The van der Waals surface area contributed by atoms with Gasteiger partial charge in [0.1, 0.15) is 5.52 Å². The summed E-state index contributed by atoms with van der Waals surface area (Å²) in [5.74, 6) is 1.83. The predicted octanol–water partition coefficient (Wildman–Crippen LogP) is 3.69. The molecule has 1 aliphatic heterocycles. The summed E-state index contributed by atoms with van der Waals surface area (Å²) in [6, 6.07) is 12.1. The molecule has 3 aromatic rings. The smallest absolute Gasteiger partial charge is 0.195 e. The summed E-state index contributed by atoms with van der Waals surface area (Å²) in [7, 11) is 0. The van der Waals surface area contributed by atoms with Crippen LogP contribution in [-0.4, -0.2) is 52.8 Å². The standard InChI is InChI=1S/C20H25N5O.HI/c1-16-9-10-19(23-22-16)25-13-5-12-24(14-15-25)11-4-8-20-21-17-6-2-3-7-18(17)26-20;/h2-3,6-7,9-10H,4-5,8,11-15H2,1H3;1H. The second kappa shape index (κ2) is 9.45. The Morgan fingerprint density at radius 1 is 1.00 bits per heavy atom. The van der Waals surface area contributed by atoms with Crippen LogP contribution < -0.4 is 4.90 Å². The maximum atomic E-state index is 5.81. The van der Waals surface area contributed by atoms with Gasteiger partial charge in [-0.1, -0.05) is 12.1 Å². The van der Waals surface area contributed by atoms with Crippen molar-refractivity contribution in [3.05, 3.63) is 48.0 Å². The molecular weight excluding hydrogens is 453 g/mol. The highest BCUT2D eigenvalue weighted by molar-refractivity contribution is 14.0. The van der Waals surface area contributed by atoms with E-state index in [1.807, 2.05) is 37.3 Å². The van der Waals surface area contributed by atoms with E-state index < -0.39 is 0 Å². The van der Waals surface area contributed by atoms with E-state index in [1.54, 1.807) is 0 Å². The predicted molar refractivity (Wildman–Crippen MR) is 118 cm³/mol. The Morgan fingerprint density at radius 3 is 2.70 bits per heavy atom. The van der Waals surface area contributed by atoms with E-state index in [0.717, 1.165) is 80.5 Å². The lowest BCUT2D eigenvalue weighted by Crippen LogP contribution is -2.32. The molecule has 0 saturated carbocycles. The lowest BCUT2D eigenvalue weighted by atomic mass is 10.3. The Hall–Kier alpha value is -1.74. The lowest BCUT2D eigenvalue weighted by molar-refractivity contribution is 0.286. The average molecular weight is 479 g/mol. The first-order valence-electron chi connectivity index (χ1n) is 9.40. The molecule has 6 nitrogen and oxygen atoms in total. The van der Waals surface area contributed by atoms with Crippen molar-refractivity contribution in [3.63, 3.8) is 0 Å². The summed E-state index contributed by atoms with van der Waals surface area (Å²) in [6.45, 7) is 7.27. The number of rotatable bonds is 5. The highest BCUT2D eigenvalue weighted by atomic mass is 127. The number of nitrogens with zero attached hydrogens (tertiary/aromatic N) is 5. The van der Waals surface area contributed by atoms with Crippen LogP contribution in [-0.2, 0) is 6.42 Å². The zero-order chi connectivity index (χ0) is 17.8. The molecule has 27 heavy (non-hydrogen) atoms. The fraction of sp³-hybridized carbons (Fsp3) is 0.450. The molecule has 0 spiro atoms. The molecule has 1 aromatic carbocycles. The highest BCUT2D eigenvalue weighted by Crippen LogP contribution is 2.17. The van der Waals surface area contributed by atoms with Crippen molar-refractivity contribution >= 4 is 40.9 Å². The molecule has 0 radical (unpaired) electrons.